The van der Waals surface area contributed by atoms with Gasteiger partial charge < -0.3 is 14.8 Å². The molecule has 2 aromatic rings. The third kappa shape index (κ3) is 1.12. The van der Waals surface area contributed by atoms with E-state index in [4.69, 9.17) is 4.74 Å². The molecule has 0 bridgehead atoms. The van der Waals surface area contributed by atoms with Crippen LogP contribution in [0.15, 0.2) is 29.2 Å². The molecule has 0 fully saturated rings. The Morgan fingerprint density at radius 1 is 1.36 bits per heavy atom. The second-order valence-electron chi connectivity index (χ2n) is 2.88. The van der Waals surface area contributed by atoms with E-state index in [1.807, 2.05) is 0 Å². The van der Waals surface area contributed by atoms with Crippen molar-refractivity contribution in [2.45, 2.75) is 0 Å². The highest BCUT2D eigenvalue weighted by atomic mass is 16.5. The highest BCUT2D eigenvalue weighted by Gasteiger charge is 2.09. The fraction of sp³-hybridized carbons (Fsp3) is 0.100. The lowest BCUT2D eigenvalue weighted by atomic mass is 10.2. The summed E-state index contributed by atoms with van der Waals surface area (Å²) in [5.74, 6) is 0.182. The van der Waals surface area contributed by atoms with Crippen molar-refractivity contribution in [3.8, 4) is 11.5 Å². The molecule has 0 atom stereocenters. The van der Waals surface area contributed by atoms with Crippen molar-refractivity contribution < 1.29 is 9.84 Å². The molecule has 72 valence electrons. The first-order chi connectivity index (χ1) is 6.74. The largest absolute Gasteiger partial charge is 0.504 e. The number of aromatic amines is 1. The van der Waals surface area contributed by atoms with Crippen molar-refractivity contribution in [1.82, 2.24) is 4.98 Å². The molecule has 1 aromatic heterocycles. The SMILES string of the molecule is COc1c(O)ccc2[nH]ccc(=O)c12. The maximum absolute atomic E-state index is 11.5. The van der Waals surface area contributed by atoms with Gasteiger partial charge >= 0.3 is 0 Å². The summed E-state index contributed by atoms with van der Waals surface area (Å²) >= 11 is 0. The Labute approximate surface area is 79.8 Å². The second-order valence-corrected chi connectivity index (χ2v) is 2.88. The van der Waals surface area contributed by atoms with Gasteiger partial charge in [0.1, 0.15) is 0 Å². The lowest BCUT2D eigenvalue weighted by Crippen LogP contribution is -2.02. The Balaban J connectivity index is 2.99. The van der Waals surface area contributed by atoms with Crippen LogP contribution in [0.25, 0.3) is 10.9 Å². The van der Waals surface area contributed by atoms with Crippen LogP contribution in [0.2, 0.25) is 0 Å². The number of aromatic hydroxyl groups is 1. The maximum Gasteiger partial charge on any atom is 0.193 e. The van der Waals surface area contributed by atoms with Crippen molar-refractivity contribution in [2.75, 3.05) is 7.11 Å². The molecule has 1 aromatic carbocycles. The van der Waals surface area contributed by atoms with Crippen molar-refractivity contribution in [1.29, 1.82) is 0 Å². The molecule has 1 heterocycles. The average Bonchev–Trinajstić information content (AvgIpc) is 2.19. The summed E-state index contributed by atoms with van der Waals surface area (Å²) in [6, 6.07) is 4.51. The van der Waals surface area contributed by atoms with E-state index in [0.29, 0.717) is 10.9 Å². The Morgan fingerprint density at radius 2 is 2.14 bits per heavy atom. The molecule has 0 aliphatic rings. The number of ether oxygens (including phenoxy) is 1. The highest BCUT2D eigenvalue weighted by Crippen LogP contribution is 2.30. The minimum absolute atomic E-state index is 0.0308. The van der Waals surface area contributed by atoms with Gasteiger partial charge in [0.2, 0.25) is 0 Å². The monoisotopic (exact) mass is 191 g/mol. The van der Waals surface area contributed by atoms with Crippen molar-refractivity contribution in [3.63, 3.8) is 0 Å². The van der Waals surface area contributed by atoms with Crippen LogP contribution < -0.4 is 10.2 Å². The molecule has 4 nitrogen and oxygen atoms in total. The molecule has 0 radical (unpaired) electrons. The molecule has 0 unspecified atom stereocenters. The Morgan fingerprint density at radius 3 is 2.86 bits per heavy atom. The Kier molecular flexibility index (Phi) is 1.89. The van der Waals surface area contributed by atoms with Crippen molar-refractivity contribution in [3.05, 3.63) is 34.6 Å². The number of aromatic nitrogens is 1. The molecular formula is C10H9NO3. The third-order valence-electron chi connectivity index (χ3n) is 2.06. The van der Waals surface area contributed by atoms with E-state index in [1.54, 1.807) is 12.3 Å². The van der Waals surface area contributed by atoms with Crippen LogP contribution in [-0.2, 0) is 0 Å². The molecular weight excluding hydrogens is 182 g/mol. The summed E-state index contributed by atoms with van der Waals surface area (Å²) in [4.78, 5) is 14.4. The molecule has 2 rings (SSSR count). The zero-order valence-corrected chi connectivity index (χ0v) is 7.57. The predicted octanol–water partition coefficient (Wildman–Crippen LogP) is 1.24. The number of pyridine rings is 1. The molecule has 4 heteroatoms. The quantitative estimate of drug-likeness (QED) is 0.712. The maximum atomic E-state index is 11.5. The van der Waals surface area contributed by atoms with E-state index in [0.717, 1.165) is 0 Å². The number of benzene rings is 1. The minimum atomic E-state index is -0.175. The normalized spacial score (nSPS) is 10.4. The predicted molar refractivity (Wildman–Crippen MR) is 52.8 cm³/mol. The zero-order valence-electron chi connectivity index (χ0n) is 7.57. The standard InChI is InChI=1S/C10H9NO3/c1-14-10-8(13)3-2-6-9(10)7(12)4-5-11-6/h2-5,13H,1H3,(H,11,12). The van der Waals surface area contributed by atoms with Crippen LogP contribution in [0.3, 0.4) is 0 Å². The van der Waals surface area contributed by atoms with E-state index in [2.05, 4.69) is 4.98 Å². The fourth-order valence-corrected chi connectivity index (χ4v) is 1.43. The van der Waals surface area contributed by atoms with E-state index in [-0.39, 0.29) is 16.9 Å². The van der Waals surface area contributed by atoms with Crippen LogP contribution in [0, 0.1) is 0 Å². The number of hydrogen-bond donors (Lipinski definition) is 2. The van der Waals surface area contributed by atoms with Crippen LogP contribution in [0.4, 0.5) is 0 Å². The van der Waals surface area contributed by atoms with Crippen LogP contribution >= 0.6 is 0 Å². The molecule has 0 spiro atoms. The number of methoxy groups -OCH3 is 1. The highest BCUT2D eigenvalue weighted by molar-refractivity contribution is 5.87. The molecule has 0 saturated heterocycles. The lowest BCUT2D eigenvalue weighted by Gasteiger charge is -2.05. The topological polar surface area (TPSA) is 62.3 Å². The van der Waals surface area contributed by atoms with E-state index in [9.17, 15) is 9.90 Å². The number of rotatable bonds is 1. The number of fused-ring (bicyclic) bond motifs is 1. The number of phenols is 1. The van der Waals surface area contributed by atoms with E-state index < -0.39 is 0 Å². The third-order valence-corrected chi connectivity index (χ3v) is 2.06. The summed E-state index contributed by atoms with van der Waals surface area (Å²) in [7, 11) is 1.42. The smallest absolute Gasteiger partial charge is 0.193 e. The van der Waals surface area contributed by atoms with Gasteiger partial charge in [-0.25, -0.2) is 0 Å². The molecule has 0 aliphatic carbocycles. The van der Waals surface area contributed by atoms with Gasteiger partial charge in [-0.05, 0) is 12.1 Å². The van der Waals surface area contributed by atoms with Gasteiger partial charge in [0.25, 0.3) is 0 Å². The average molecular weight is 191 g/mol. The first-order valence-corrected chi connectivity index (χ1v) is 4.11. The lowest BCUT2D eigenvalue weighted by molar-refractivity contribution is 0.378. The van der Waals surface area contributed by atoms with E-state index in [1.165, 1.54) is 19.2 Å². The van der Waals surface area contributed by atoms with Crippen molar-refractivity contribution in [2.24, 2.45) is 0 Å². The Bertz CT molecular complexity index is 530. The van der Waals surface area contributed by atoms with Gasteiger partial charge in [-0.15, -0.1) is 0 Å². The van der Waals surface area contributed by atoms with Gasteiger partial charge in [0.15, 0.2) is 16.9 Å². The van der Waals surface area contributed by atoms with Gasteiger partial charge in [-0.2, -0.15) is 0 Å². The summed E-state index contributed by atoms with van der Waals surface area (Å²) in [5, 5.41) is 9.83. The summed E-state index contributed by atoms with van der Waals surface area (Å²) in [6.07, 6.45) is 1.56. The fourth-order valence-electron chi connectivity index (χ4n) is 1.43. The molecule has 0 aliphatic heterocycles. The van der Waals surface area contributed by atoms with Crippen molar-refractivity contribution >= 4 is 10.9 Å². The first-order valence-electron chi connectivity index (χ1n) is 4.11. The second kappa shape index (κ2) is 3.06. The van der Waals surface area contributed by atoms with Crippen LogP contribution in [-0.4, -0.2) is 17.2 Å². The Hall–Kier alpha value is -1.97. The molecule has 14 heavy (non-hydrogen) atoms. The van der Waals surface area contributed by atoms with E-state index >= 15 is 0 Å². The summed E-state index contributed by atoms with van der Waals surface area (Å²) in [6.45, 7) is 0. The summed E-state index contributed by atoms with van der Waals surface area (Å²) < 4.78 is 4.97. The molecule has 2 N–H and O–H groups in total. The zero-order chi connectivity index (χ0) is 10.1. The van der Waals surface area contributed by atoms with Gasteiger partial charge in [0, 0.05) is 12.3 Å². The first kappa shape index (κ1) is 8.62. The number of hydrogen-bond acceptors (Lipinski definition) is 3. The number of nitrogens with one attached hydrogen (secondary N) is 1. The van der Waals surface area contributed by atoms with Gasteiger partial charge in [-0.1, -0.05) is 0 Å². The number of phenolic OH excluding ortho intramolecular Hbond substituents is 1. The minimum Gasteiger partial charge on any atom is -0.504 e. The van der Waals surface area contributed by atoms with Gasteiger partial charge in [0.05, 0.1) is 18.0 Å². The van der Waals surface area contributed by atoms with Gasteiger partial charge in [-0.3, -0.25) is 4.79 Å². The van der Waals surface area contributed by atoms with Crippen LogP contribution in [0.1, 0.15) is 0 Å². The number of H-pyrrole nitrogens is 1. The summed E-state index contributed by atoms with van der Waals surface area (Å²) in [5.41, 5.74) is 0.471. The molecule has 0 saturated carbocycles. The molecule has 0 amide bonds. The van der Waals surface area contributed by atoms with Crippen LogP contribution in [0.5, 0.6) is 11.5 Å².